The summed E-state index contributed by atoms with van der Waals surface area (Å²) in [5.74, 6) is -12.5. The molecule has 0 radical (unpaired) electrons. The Morgan fingerprint density at radius 2 is 1.53 bits per heavy atom. The average Bonchev–Trinajstić information content (AvgIpc) is 3.10. The second-order valence-corrected chi connectivity index (χ2v) is 7.99. The molecule has 0 aromatic heterocycles. The molecule has 34 heavy (non-hydrogen) atoms. The molecule has 0 saturated heterocycles. The molecule has 4 rings (SSSR count). The third kappa shape index (κ3) is 4.11. The van der Waals surface area contributed by atoms with Gasteiger partial charge in [-0.1, -0.05) is 30.0 Å². The second-order valence-electron chi connectivity index (χ2n) is 6.91. The molecule has 0 fully saturated rings. The van der Waals surface area contributed by atoms with Gasteiger partial charge in [0, 0.05) is 10.5 Å². The maximum atomic E-state index is 14.2. The smallest absolute Gasteiger partial charge is 0.422 e. The molecule has 3 nitrogen and oxygen atoms in total. The van der Waals surface area contributed by atoms with Crippen molar-refractivity contribution in [1.29, 1.82) is 0 Å². The third-order valence-electron chi connectivity index (χ3n) is 4.78. The molecule has 0 atom stereocenters. The molecule has 1 aliphatic heterocycles. The Hall–Kier alpha value is -3.47. The van der Waals surface area contributed by atoms with Crippen molar-refractivity contribution in [1.82, 2.24) is 0 Å². The maximum absolute atomic E-state index is 14.2. The summed E-state index contributed by atoms with van der Waals surface area (Å²) in [6.45, 7) is 0. The minimum Gasteiger partial charge on any atom is -0.493 e. The van der Waals surface area contributed by atoms with Crippen LogP contribution in [-0.2, 0) is 6.18 Å². The Labute approximate surface area is 191 Å². The quantitative estimate of drug-likeness (QED) is 0.213. The van der Waals surface area contributed by atoms with Crippen molar-refractivity contribution >= 4 is 23.6 Å². The summed E-state index contributed by atoms with van der Waals surface area (Å²) in [5, 5.41) is 0. The van der Waals surface area contributed by atoms with Gasteiger partial charge in [0.15, 0.2) is 23.1 Å². The van der Waals surface area contributed by atoms with Gasteiger partial charge >= 0.3 is 6.18 Å². The van der Waals surface area contributed by atoms with Gasteiger partial charge in [-0.25, -0.2) is 8.78 Å². The van der Waals surface area contributed by atoms with Gasteiger partial charge < -0.3 is 9.47 Å². The first kappa shape index (κ1) is 23.7. The molecule has 3 aromatic carbocycles. The average molecular weight is 500 g/mol. The Morgan fingerprint density at radius 3 is 2.12 bits per heavy atom. The number of halogens is 7. The van der Waals surface area contributed by atoms with Gasteiger partial charge in [-0.2, -0.15) is 22.0 Å². The van der Waals surface area contributed by atoms with E-state index >= 15 is 0 Å². The number of fused-ring (bicyclic) bond motifs is 1. The van der Waals surface area contributed by atoms with Gasteiger partial charge in [-0.15, -0.1) is 0 Å². The normalized spacial score (nSPS) is 14.5. The van der Waals surface area contributed by atoms with Crippen molar-refractivity contribution in [3.05, 3.63) is 87.3 Å². The van der Waals surface area contributed by atoms with E-state index in [1.807, 2.05) is 0 Å². The Bertz CT molecular complexity index is 1320. The van der Waals surface area contributed by atoms with Crippen LogP contribution in [0.15, 0.2) is 52.3 Å². The van der Waals surface area contributed by atoms with E-state index in [9.17, 15) is 35.5 Å². The lowest BCUT2D eigenvalue weighted by atomic mass is 10.1. The summed E-state index contributed by atoms with van der Waals surface area (Å²) < 4.78 is 104. The topological polar surface area (TPSA) is 35.5 Å². The number of ether oxygens (including phenoxy) is 2. The summed E-state index contributed by atoms with van der Waals surface area (Å²) >= 11 is 1.23. The molecule has 0 aliphatic carbocycles. The minimum atomic E-state index is -5.67. The molecule has 0 bridgehead atoms. The highest BCUT2D eigenvalue weighted by Crippen LogP contribution is 2.43. The summed E-state index contributed by atoms with van der Waals surface area (Å²) in [4.78, 5) is 13.7. The van der Waals surface area contributed by atoms with Crippen molar-refractivity contribution in [3.63, 3.8) is 0 Å². The molecule has 0 spiro atoms. The fourth-order valence-corrected chi connectivity index (χ4v) is 4.26. The van der Waals surface area contributed by atoms with Gasteiger partial charge in [0.2, 0.25) is 23.2 Å². The van der Waals surface area contributed by atoms with E-state index in [0.29, 0.717) is 16.0 Å². The van der Waals surface area contributed by atoms with E-state index in [4.69, 9.17) is 9.47 Å². The minimum absolute atomic E-state index is 0.165. The molecule has 0 amide bonds. The molecule has 3 aromatic rings. The lowest BCUT2D eigenvalue weighted by Gasteiger charge is -2.16. The molecule has 0 unspecified atom stereocenters. The number of carbonyl (C=O) groups is 1. The summed E-state index contributed by atoms with van der Waals surface area (Å²) in [6, 6.07) is 10.7. The lowest BCUT2D eigenvalue weighted by molar-refractivity contribution is -0.143. The molecule has 0 saturated carbocycles. The molecule has 1 aliphatic rings. The number of ketones is 1. The number of Topliss-reactive ketones (excluding diaryl/α,β-unsaturated/α-hetero) is 1. The van der Waals surface area contributed by atoms with Gasteiger partial charge in [-0.05, 0) is 35.9 Å². The number of hydrogen-bond acceptors (Lipinski definition) is 4. The van der Waals surface area contributed by atoms with Crippen molar-refractivity contribution in [2.45, 2.75) is 11.1 Å². The van der Waals surface area contributed by atoms with Crippen molar-refractivity contribution in [2.24, 2.45) is 0 Å². The highest BCUT2D eigenvalue weighted by Gasteiger charge is 2.43. The molecule has 176 valence electrons. The van der Waals surface area contributed by atoms with Gasteiger partial charge in [0.25, 0.3) is 0 Å². The van der Waals surface area contributed by atoms with Gasteiger partial charge in [-0.3, -0.25) is 4.79 Å². The highest BCUT2D eigenvalue weighted by molar-refractivity contribution is 8.04. The monoisotopic (exact) mass is 500 g/mol. The number of hydrogen-bond donors (Lipinski definition) is 0. The zero-order valence-electron chi connectivity index (χ0n) is 16.9. The van der Waals surface area contributed by atoms with Crippen LogP contribution in [0.4, 0.5) is 30.7 Å². The summed E-state index contributed by atoms with van der Waals surface area (Å²) in [5.41, 5.74) is -1.76. The van der Waals surface area contributed by atoms with Crippen LogP contribution in [0, 0.1) is 23.3 Å². The zero-order valence-corrected chi connectivity index (χ0v) is 17.7. The predicted molar refractivity (Wildman–Crippen MR) is 109 cm³/mol. The fraction of sp³-hybridized carbons (Fsp3) is 0.0870. The number of alkyl halides is 3. The van der Waals surface area contributed by atoms with E-state index < -0.39 is 46.5 Å². The number of thioether (sulfide) groups is 1. The predicted octanol–water partition coefficient (Wildman–Crippen LogP) is 7.39. The van der Waals surface area contributed by atoms with E-state index in [2.05, 4.69) is 0 Å². The standard InChI is InChI=1S/C23H11F7O3S/c1-32-13-8-10(9-15-21(31)11-4-2-3-5-14(11)34-15)6-7-12(13)33-22-19(26)17(24)16(23(28,29)30)18(25)20(22)27/h2-9H,1H3/b15-9-. The van der Waals surface area contributed by atoms with E-state index in [1.54, 1.807) is 24.3 Å². The molecule has 0 N–H and O–H groups in total. The van der Waals surface area contributed by atoms with Crippen molar-refractivity contribution in [2.75, 3.05) is 7.11 Å². The molecular weight excluding hydrogens is 489 g/mol. The fourth-order valence-electron chi connectivity index (χ4n) is 3.21. The van der Waals surface area contributed by atoms with Crippen LogP contribution in [0.2, 0.25) is 0 Å². The van der Waals surface area contributed by atoms with Crippen LogP contribution in [0.5, 0.6) is 17.2 Å². The first-order chi connectivity index (χ1) is 16.0. The van der Waals surface area contributed by atoms with E-state index in [1.165, 1.54) is 30.0 Å². The Kier molecular flexibility index (Phi) is 6.07. The molecule has 1 heterocycles. The molecule has 11 heteroatoms. The number of carbonyl (C=O) groups excluding carboxylic acids is 1. The first-order valence-electron chi connectivity index (χ1n) is 9.35. The number of allylic oxidation sites excluding steroid dienone is 1. The number of benzene rings is 3. The third-order valence-corrected chi connectivity index (χ3v) is 5.88. The summed E-state index contributed by atoms with van der Waals surface area (Å²) in [7, 11) is 1.16. The van der Waals surface area contributed by atoms with Crippen LogP contribution < -0.4 is 9.47 Å². The SMILES string of the molecule is COc1cc(/C=C2\Sc3ccccc3C2=O)ccc1Oc1c(F)c(F)c(C(F)(F)F)c(F)c1F. The summed E-state index contributed by atoms with van der Waals surface area (Å²) in [6.07, 6.45) is -4.14. The van der Waals surface area contributed by atoms with Crippen LogP contribution in [0.1, 0.15) is 21.5 Å². The van der Waals surface area contributed by atoms with Crippen LogP contribution in [0.3, 0.4) is 0 Å². The largest absolute Gasteiger partial charge is 0.493 e. The maximum Gasteiger partial charge on any atom is 0.422 e. The number of rotatable bonds is 4. The van der Waals surface area contributed by atoms with Gasteiger partial charge in [0.1, 0.15) is 5.56 Å². The van der Waals surface area contributed by atoms with Crippen LogP contribution >= 0.6 is 11.8 Å². The zero-order chi connectivity index (χ0) is 24.8. The lowest BCUT2D eigenvalue weighted by Crippen LogP contribution is -2.15. The van der Waals surface area contributed by atoms with E-state index in [-0.39, 0.29) is 11.5 Å². The van der Waals surface area contributed by atoms with Gasteiger partial charge in [0.05, 0.1) is 12.0 Å². The van der Waals surface area contributed by atoms with Crippen molar-refractivity contribution < 1.29 is 45.0 Å². The van der Waals surface area contributed by atoms with Crippen molar-refractivity contribution in [3.8, 4) is 17.2 Å². The molecular formula is C23H11F7O3S. The highest BCUT2D eigenvalue weighted by atomic mass is 32.2. The second kappa shape index (κ2) is 8.71. The van der Waals surface area contributed by atoms with E-state index in [0.717, 1.165) is 18.1 Å². The van der Waals surface area contributed by atoms with Crippen LogP contribution in [0.25, 0.3) is 6.08 Å². The Morgan fingerprint density at radius 1 is 0.882 bits per heavy atom. The Balaban J connectivity index is 1.69. The van der Waals surface area contributed by atoms with Crippen LogP contribution in [-0.4, -0.2) is 12.9 Å². The number of methoxy groups -OCH3 is 1. The first-order valence-corrected chi connectivity index (χ1v) is 10.2.